The van der Waals surface area contributed by atoms with Gasteiger partial charge in [0.05, 0.1) is 11.9 Å². The summed E-state index contributed by atoms with van der Waals surface area (Å²) >= 11 is 0. The van der Waals surface area contributed by atoms with Gasteiger partial charge in [0.2, 0.25) is 0 Å². The quantitative estimate of drug-likeness (QED) is 0.784. The lowest BCUT2D eigenvalue weighted by atomic mass is 10.4. The highest BCUT2D eigenvalue weighted by atomic mass is 15.3. The lowest BCUT2D eigenvalue weighted by molar-refractivity contribution is 0.855. The van der Waals surface area contributed by atoms with Crippen molar-refractivity contribution in [2.75, 3.05) is 5.32 Å². The van der Waals surface area contributed by atoms with E-state index in [0.717, 1.165) is 17.2 Å². The smallest absolute Gasteiger partial charge is 0.153 e. The lowest BCUT2D eigenvalue weighted by Crippen LogP contribution is -2.11. The molecule has 0 saturated carbocycles. The zero-order valence-electron chi connectivity index (χ0n) is 8.94. The Morgan fingerprint density at radius 2 is 2.27 bits per heavy atom. The highest BCUT2D eigenvalue weighted by Crippen LogP contribution is 2.08. The van der Waals surface area contributed by atoms with Crippen LogP contribution in [0.1, 0.15) is 19.5 Å². The van der Waals surface area contributed by atoms with Crippen LogP contribution in [-0.2, 0) is 6.54 Å². The molecule has 80 valence electrons. The van der Waals surface area contributed by atoms with E-state index in [0.29, 0.717) is 12.6 Å². The van der Waals surface area contributed by atoms with Crippen LogP contribution in [-0.4, -0.2) is 20.6 Å². The van der Waals surface area contributed by atoms with Crippen molar-refractivity contribution in [3.05, 3.63) is 24.0 Å². The second-order valence-corrected chi connectivity index (χ2v) is 3.76. The van der Waals surface area contributed by atoms with Crippen LogP contribution in [0, 0.1) is 0 Å². The Morgan fingerprint density at radius 1 is 1.47 bits per heavy atom. The molecular formula is C10H15N5. The summed E-state index contributed by atoms with van der Waals surface area (Å²) in [4.78, 5) is 4.30. The summed E-state index contributed by atoms with van der Waals surface area (Å²) < 4.78 is 1.74. The minimum Gasteiger partial charge on any atom is -0.366 e. The van der Waals surface area contributed by atoms with Crippen molar-refractivity contribution >= 4 is 11.5 Å². The summed E-state index contributed by atoms with van der Waals surface area (Å²) in [5, 5.41) is 7.60. The molecule has 0 spiro atoms. The number of rotatable bonds is 3. The van der Waals surface area contributed by atoms with Gasteiger partial charge in [-0.2, -0.15) is 0 Å². The molecule has 0 amide bonds. The van der Waals surface area contributed by atoms with Gasteiger partial charge in [0, 0.05) is 12.6 Å². The molecule has 2 aromatic rings. The van der Waals surface area contributed by atoms with Gasteiger partial charge in [-0.15, -0.1) is 5.10 Å². The number of nitrogens with two attached hydrogens (primary N) is 1. The van der Waals surface area contributed by atoms with E-state index >= 15 is 0 Å². The van der Waals surface area contributed by atoms with Crippen LogP contribution in [0.4, 0.5) is 5.82 Å². The van der Waals surface area contributed by atoms with E-state index in [9.17, 15) is 0 Å². The average molecular weight is 205 g/mol. The molecule has 2 rings (SSSR count). The fourth-order valence-electron chi connectivity index (χ4n) is 1.40. The third-order valence-electron chi connectivity index (χ3n) is 2.02. The van der Waals surface area contributed by atoms with Gasteiger partial charge < -0.3 is 11.1 Å². The van der Waals surface area contributed by atoms with Crippen LogP contribution in [0.5, 0.6) is 0 Å². The molecule has 0 fully saturated rings. The van der Waals surface area contributed by atoms with Crippen molar-refractivity contribution in [3.8, 4) is 0 Å². The van der Waals surface area contributed by atoms with Crippen LogP contribution in [0.15, 0.2) is 18.3 Å². The summed E-state index contributed by atoms with van der Waals surface area (Å²) in [5.74, 6) is 0.846. The molecule has 0 radical (unpaired) electrons. The molecule has 0 unspecified atom stereocenters. The van der Waals surface area contributed by atoms with E-state index in [2.05, 4.69) is 29.2 Å². The highest BCUT2D eigenvalue weighted by molar-refractivity contribution is 5.45. The molecule has 0 aromatic carbocycles. The highest BCUT2D eigenvalue weighted by Gasteiger charge is 2.02. The zero-order chi connectivity index (χ0) is 10.8. The van der Waals surface area contributed by atoms with Gasteiger partial charge in [0.1, 0.15) is 5.82 Å². The number of nitrogens with one attached hydrogen (secondary N) is 1. The van der Waals surface area contributed by atoms with Crippen LogP contribution in [0.3, 0.4) is 0 Å². The van der Waals surface area contributed by atoms with Crippen LogP contribution < -0.4 is 11.1 Å². The summed E-state index contributed by atoms with van der Waals surface area (Å²) in [6.45, 7) is 4.59. The van der Waals surface area contributed by atoms with Gasteiger partial charge in [0.15, 0.2) is 5.65 Å². The number of fused-ring (bicyclic) bond motifs is 1. The van der Waals surface area contributed by atoms with E-state index in [4.69, 9.17) is 5.73 Å². The summed E-state index contributed by atoms with van der Waals surface area (Å²) in [7, 11) is 0. The third kappa shape index (κ3) is 2.07. The van der Waals surface area contributed by atoms with E-state index in [1.165, 1.54) is 0 Å². The first-order chi connectivity index (χ1) is 7.19. The maximum absolute atomic E-state index is 5.51. The van der Waals surface area contributed by atoms with E-state index in [-0.39, 0.29) is 0 Å². The molecule has 0 saturated heterocycles. The molecule has 0 aliphatic heterocycles. The Balaban J connectivity index is 2.37. The second kappa shape index (κ2) is 3.86. The molecule has 5 nitrogen and oxygen atoms in total. The number of hydrogen-bond acceptors (Lipinski definition) is 4. The van der Waals surface area contributed by atoms with Crippen molar-refractivity contribution in [2.24, 2.45) is 5.73 Å². The number of hydrogen-bond donors (Lipinski definition) is 2. The normalized spacial score (nSPS) is 11.2. The van der Waals surface area contributed by atoms with Gasteiger partial charge in [0.25, 0.3) is 0 Å². The molecule has 0 bridgehead atoms. The number of anilines is 1. The minimum atomic E-state index is 0.368. The molecular weight excluding hydrogens is 190 g/mol. The van der Waals surface area contributed by atoms with E-state index in [1.807, 2.05) is 18.3 Å². The lowest BCUT2D eigenvalue weighted by Gasteiger charge is -2.08. The van der Waals surface area contributed by atoms with Gasteiger partial charge in [-0.25, -0.2) is 9.50 Å². The monoisotopic (exact) mass is 205 g/mol. The molecule has 0 atom stereocenters. The van der Waals surface area contributed by atoms with Gasteiger partial charge in [-0.05, 0) is 26.0 Å². The Morgan fingerprint density at radius 3 is 2.93 bits per heavy atom. The predicted octanol–water partition coefficient (Wildman–Crippen LogP) is 1.01. The fourth-order valence-corrected chi connectivity index (χ4v) is 1.40. The van der Waals surface area contributed by atoms with E-state index in [1.54, 1.807) is 4.52 Å². The minimum absolute atomic E-state index is 0.368. The Bertz CT molecular complexity index is 460. The molecule has 2 heterocycles. The average Bonchev–Trinajstić information content (AvgIpc) is 2.58. The largest absolute Gasteiger partial charge is 0.366 e. The van der Waals surface area contributed by atoms with Crippen LogP contribution in [0.25, 0.3) is 5.65 Å². The molecule has 0 aliphatic carbocycles. The third-order valence-corrected chi connectivity index (χ3v) is 2.02. The maximum Gasteiger partial charge on any atom is 0.153 e. The maximum atomic E-state index is 5.51. The Hall–Kier alpha value is -1.62. The first-order valence-corrected chi connectivity index (χ1v) is 5.01. The predicted molar refractivity (Wildman–Crippen MR) is 59.6 cm³/mol. The van der Waals surface area contributed by atoms with Crippen molar-refractivity contribution in [2.45, 2.75) is 26.4 Å². The molecule has 15 heavy (non-hydrogen) atoms. The number of aromatic nitrogens is 3. The molecule has 5 heteroatoms. The van der Waals surface area contributed by atoms with Crippen LogP contribution in [0.2, 0.25) is 0 Å². The zero-order valence-corrected chi connectivity index (χ0v) is 8.94. The fraction of sp³-hybridized carbons (Fsp3) is 0.400. The topological polar surface area (TPSA) is 68.2 Å². The first kappa shape index (κ1) is 9.92. The van der Waals surface area contributed by atoms with Crippen molar-refractivity contribution in [1.29, 1.82) is 0 Å². The van der Waals surface area contributed by atoms with Crippen molar-refractivity contribution < 1.29 is 0 Å². The Labute approximate surface area is 88.3 Å². The SMILES string of the molecule is CC(C)Nc1ccc2nc(CN)cn2n1. The molecule has 3 N–H and O–H groups in total. The first-order valence-electron chi connectivity index (χ1n) is 5.01. The van der Waals surface area contributed by atoms with Gasteiger partial charge in [-0.3, -0.25) is 0 Å². The summed E-state index contributed by atoms with van der Waals surface area (Å²) in [6.07, 6.45) is 1.85. The van der Waals surface area contributed by atoms with E-state index < -0.39 is 0 Å². The standard InChI is InChI=1S/C10H15N5/c1-7(2)12-9-3-4-10-13-8(5-11)6-15(10)14-9/h3-4,6-7H,5,11H2,1-2H3,(H,12,14). The van der Waals surface area contributed by atoms with Crippen molar-refractivity contribution in [1.82, 2.24) is 14.6 Å². The molecule has 0 aliphatic rings. The van der Waals surface area contributed by atoms with Gasteiger partial charge in [-0.1, -0.05) is 0 Å². The van der Waals surface area contributed by atoms with Crippen LogP contribution >= 0.6 is 0 Å². The summed E-state index contributed by atoms with van der Waals surface area (Å²) in [6, 6.07) is 4.21. The molecule has 2 aromatic heterocycles. The Kier molecular flexibility index (Phi) is 2.55. The summed E-state index contributed by atoms with van der Waals surface area (Å²) in [5.41, 5.74) is 7.19. The second-order valence-electron chi connectivity index (χ2n) is 3.76. The van der Waals surface area contributed by atoms with Gasteiger partial charge >= 0.3 is 0 Å². The van der Waals surface area contributed by atoms with Crippen molar-refractivity contribution in [3.63, 3.8) is 0 Å². The number of nitrogens with zero attached hydrogens (tertiary/aromatic N) is 3. The number of imidazole rings is 1.